The van der Waals surface area contributed by atoms with Crippen LogP contribution in [0.3, 0.4) is 0 Å². The Hall–Kier alpha value is -1.06. The third-order valence-electron chi connectivity index (χ3n) is 3.35. The number of thioether (sulfide) groups is 1. The lowest BCUT2D eigenvalue weighted by Gasteiger charge is -2.07. The number of aromatic nitrogens is 2. The van der Waals surface area contributed by atoms with Crippen LogP contribution in [0.15, 0.2) is 35.4 Å². The fraction of sp³-hybridized carbons (Fsp3) is 0.333. The van der Waals surface area contributed by atoms with Gasteiger partial charge in [0.15, 0.2) is 5.82 Å². The molecule has 2 aromatic rings. The highest BCUT2D eigenvalue weighted by molar-refractivity contribution is 7.98. The maximum Gasteiger partial charge on any atom is 0.159 e. The van der Waals surface area contributed by atoms with Gasteiger partial charge in [0.2, 0.25) is 0 Å². The summed E-state index contributed by atoms with van der Waals surface area (Å²) in [5.74, 6) is 1.90. The quantitative estimate of drug-likeness (QED) is 0.613. The van der Waals surface area contributed by atoms with Gasteiger partial charge in [-0.15, -0.1) is 23.4 Å². The van der Waals surface area contributed by atoms with Crippen LogP contribution < -0.4 is 0 Å². The summed E-state index contributed by atoms with van der Waals surface area (Å²) >= 11 is 7.70. The molecule has 4 heteroatoms. The number of halogens is 1. The van der Waals surface area contributed by atoms with Crippen LogP contribution in [-0.2, 0) is 5.88 Å². The second-order valence-corrected chi connectivity index (χ2v) is 5.89. The molecule has 1 aliphatic rings. The minimum Gasteiger partial charge on any atom is -0.236 e. The van der Waals surface area contributed by atoms with Gasteiger partial charge in [-0.25, -0.2) is 9.97 Å². The van der Waals surface area contributed by atoms with Crippen molar-refractivity contribution in [3.8, 4) is 11.4 Å². The summed E-state index contributed by atoms with van der Waals surface area (Å²) in [6.07, 6.45) is 6.41. The van der Waals surface area contributed by atoms with E-state index in [2.05, 4.69) is 35.5 Å². The second-order valence-electron chi connectivity index (χ2n) is 4.74. The summed E-state index contributed by atoms with van der Waals surface area (Å²) < 4.78 is 0. The molecule has 1 heterocycles. The Morgan fingerprint density at radius 3 is 2.58 bits per heavy atom. The largest absolute Gasteiger partial charge is 0.236 e. The van der Waals surface area contributed by atoms with Crippen molar-refractivity contribution in [3.63, 3.8) is 0 Å². The van der Waals surface area contributed by atoms with Crippen molar-refractivity contribution in [2.75, 3.05) is 6.26 Å². The molecule has 0 N–H and O–H groups in total. The van der Waals surface area contributed by atoms with E-state index in [0.29, 0.717) is 11.8 Å². The molecule has 0 bridgehead atoms. The Labute approximate surface area is 122 Å². The first-order valence-corrected chi connectivity index (χ1v) is 8.14. The van der Waals surface area contributed by atoms with Gasteiger partial charge in [0.25, 0.3) is 0 Å². The fourth-order valence-corrected chi connectivity index (χ4v) is 2.73. The second kappa shape index (κ2) is 5.51. The minimum absolute atomic E-state index is 0.498. The topological polar surface area (TPSA) is 25.8 Å². The molecule has 0 amide bonds. The maximum atomic E-state index is 5.96. The predicted molar refractivity (Wildman–Crippen MR) is 80.8 cm³/mol. The first-order valence-electron chi connectivity index (χ1n) is 6.38. The van der Waals surface area contributed by atoms with E-state index in [1.54, 1.807) is 11.8 Å². The van der Waals surface area contributed by atoms with Gasteiger partial charge in [-0.2, -0.15) is 0 Å². The number of hydrogen-bond donors (Lipinski definition) is 0. The van der Waals surface area contributed by atoms with Crippen LogP contribution in [0.2, 0.25) is 0 Å². The third-order valence-corrected chi connectivity index (χ3v) is 4.39. The molecule has 19 heavy (non-hydrogen) atoms. The molecule has 1 aromatic carbocycles. The standard InChI is InChI=1S/C15H15ClN2S/c1-19-13-6-4-11(5-7-13)15-17-9-12(8-16)14(18-15)10-2-3-10/h4-7,9-10H,2-3,8H2,1H3. The van der Waals surface area contributed by atoms with E-state index >= 15 is 0 Å². The van der Waals surface area contributed by atoms with Crippen LogP contribution in [-0.4, -0.2) is 16.2 Å². The van der Waals surface area contributed by atoms with Gasteiger partial charge in [0.1, 0.15) is 0 Å². The van der Waals surface area contributed by atoms with Crippen molar-refractivity contribution in [3.05, 3.63) is 41.7 Å². The van der Waals surface area contributed by atoms with Gasteiger partial charge in [-0.3, -0.25) is 0 Å². The fourth-order valence-electron chi connectivity index (χ4n) is 2.11. The van der Waals surface area contributed by atoms with Crippen molar-refractivity contribution in [1.82, 2.24) is 9.97 Å². The third kappa shape index (κ3) is 2.77. The zero-order valence-electron chi connectivity index (χ0n) is 10.8. The van der Waals surface area contributed by atoms with Gasteiger partial charge in [-0.05, 0) is 31.2 Å². The molecule has 98 valence electrons. The van der Waals surface area contributed by atoms with Crippen molar-refractivity contribution in [2.24, 2.45) is 0 Å². The Morgan fingerprint density at radius 2 is 2.00 bits per heavy atom. The van der Waals surface area contributed by atoms with Crippen molar-refractivity contribution < 1.29 is 0 Å². The maximum absolute atomic E-state index is 5.96. The van der Waals surface area contributed by atoms with E-state index in [0.717, 1.165) is 22.6 Å². The molecule has 1 aliphatic carbocycles. The number of rotatable bonds is 4. The van der Waals surface area contributed by atoms with E-state index in [4.69, 9.17) is 16.6 Å². The average Bonchev–Trinajstić information content (AvgIpc) is 3.31. The van der Waals surface area contributed by atoms with Crippen molar-refractivity contribution >= 4 is 23.4 Å². The highest BCUT2D eigenvalue weighted by Gasteiger charge is 2.28. The van der Waals surface area contributed by atoms with Gasteiger partial charge in [-0.1, -0.05) is 12.1 Å². The van der Waals surface area contributed by atoms with Crippen LogP contribution in [0.25, 0.3) is 11.4 Å². The number of hydrogen-bond acceptors (Lipinski definition) is 3. The van der Waals surface area contributed by atoms with Crippen LogP contribution in [0, 0.1) is 0 Å². The molecule has 1 saturated carbocycles. The summed E-state index contributed by atoms with van der Waals surface area (Å²) in [6, 6.07) is 8.38. The van der Waals surface area contributed by atoms with Crippen LogP contribution >= 0.6 is 23.4 Å². The summed E-state index contributed by atoms with van der Waals surface area (Å²) in [7, 11) is 0. The van der Waals surface area contributed by atoms with Crippen LogP contribution in [0.4, 0.5) is 0 Å². The Bertz CT molecular complexity index is 579. The van der Waals surface area contributed by atoms with Gasteiger partial charge in [0, 0.05) is 28.1 Å². The molecule has 0 aliphatic heterocycles. The van der Waals surface area contributed by atoms with E-state index in [9.17, 15) is 0 Å². The van der Waals surface area contributed by atoms with Crippen LogP contribution in [0.5, 0.6) is 0 Å². The molecule has 0 saturated heterocycles. The SMILES string of the molecule is CSc1ccc(-c2ncc(CCl)c(C3CC3)n2)cc1. The molecule has 0 radical (unpaired) electrons. The highest BCUT2D eigenvalue weighted by Crippen LogP contribution is 2.41. The molecule has 0 spiro atoms. The number of nitrogens with zero attached hydrogens (tertiary/aromatic N) is 2. The Balaban J connectivity index is 1.97. The number of alkyl halides is 1. The molecule has 1 aromatic heterocycles. The predicted octanol–water partition coefficient (Wildman–Crippen LogP) is 4.48. The van der Waals surface area contributed by atoms with E-state index in [-0.39, 0.29) is 0 Å². The Morgan fingerprint density at radius 1 is 1.26 bits per heavy atom. The van der Waals surface area contributed by atoms with Crippen molar-refractivity contribution in [2.45, 2.75) is 29.5 Å². The first-order chi connectivity index (χ1) is 9.31. The molecule has 3 rings (SSSR count). The van der Waals surface area contributed by atoms with Gasteiger partial charge in [0.05, 0.1) is 11.6 Å². The monoisotopic (exact) mass is 290 g/mol. The molecule has 1 fully saturated rings. The lowest BCUT2D eigenvalue weighted by molar-refractivity contribution is 0.958. The summed E-state index contributed by atoms with van der Waals surface area (Å²) in [4.78, 5) is 10.4. The summed E-state index contributed by atoms with van der Waals surface area (Å²) in [5, 5.41) is 0. The van der Waals surface area contributed by atoms with E-state index in [1.807, 2.05) is 6.20 Å². The van der Waals surface area contributed by atoms with Crippen LogP contribution in [0.1, 0.15) is 30.0 Å². The molecule has 0 unspecified atom stereocenters. The highest BCUT2D eigenvalue weighted by atomic mass is 35.5. The molecule has 0 atom stereocenters. The smallest absolute Gasteiger partial charge is 0.159 e. The lowest BCUT2D eigenvalue weighted by Crippen LogP contribution is -1.99. The van der Waals surface area contributed by atoms with E-state index < -0.39 is 0 Å². The zero-order chi connectivity index (χ0) is 13.2. The van der Waals surface area contributed by atoms with Crippen molar-refractivity contribution in [1.29, 1.82) is 0 Å². The van der Waals surface area contributed by atoms with E-state index in [1.165, 1.54) is 17.7 Å². The average molecular weight is 291 g/mol. The minimum atomic E-state index is 0.498. The normalized spacial score (nSPS) is 14.6. The molecular formula is C15H15ClN2S. The van der Waals surface area contributed by atoms with Gasteiger partial charge < -0.3 is 0 Å². The Kier molecular flexibility index (Phi) is 3.76. The molecule has 2 nitrogen and oxygen atoms in total. The van der Waals surface area contributed by atoms with Gasteiger partial charge >= 0.3 is 0 Å². The summed E-state index contributed by atoms with van der Waals surface area (Å²) in [5.41, 5.74) is 3.29. The summed E-state index contributed by atoms with van der Waals surface area (Å²) in [6.45, 7) is 0. The number of benzene rings is 1. The molecular weight excluding hydrogens is 276 g/mol. The lowest BCUT2D eigenvalue weighted by atomic mass is 10.1. The zero-order valence-corrected chi connectivity index (χ0v) is 12.3. The first kappa shape index (κ1) is 12.9.